The van der Waals surface area contributed by atoms with Gasteiger partial charge in [0.15, 0.2) is 0 Å². The molecule has 0 aromatic carbocycles. The Labute approximate surface area is 255 Å². The Kier molecular flexibility index (Phi) is 14.9. The van der Waals surface area contributed by atoms with Crippen LogP contribution in [0.25, 0.3) is 0 Å². The predicted octanol–water partition coefficient (Wildman–Crippen LogP) is 3.44. The molecule has 46 heavy (non-hydrogen) atoms. The number of aryl methyl sites for hydroxylation is 1. The number of hydrogen-bond acceptors (Lipinski definition) is 8. The first-order valence-corrected chi connectivity index (χ1v) is 12.8. The molecule has 1 spiro atoms. The summed E-state index contributed by atoms with van der Waals surface area (Å²) in [4.78, 5) is 40.7. The number of halogens is 9. The minimum absolute atomic E-state index is 0.233. The van der Waals surface area contributed by atoms with Gasteiger partial charge in [0.2, 0.25) is 0 Å². The molecule has 0 bridgehead atoms. The number of nitrogens with zero attached hydrogens (tertiary/aromatic N) is 5. The Morgan fingerprint density at radius 2 is 1.30 bits per heavy atom. The number of aliphatic carboxylic acids is 3. The van der Waals surface area contributed by atoms with Crippen LogP contribution in [-0.2, 0) is 39.3 Å². The average molecular weight is 684 g/mol. The van der Waals surface area contributed by atoms with E-state index in [4.69, 9.17) is 34.4 Å². The number of carboxylic acid groups (broad SMARTS) is 3. The van der Waals surface area contributed by atoms with Crippen LogP contribution in [0.2, 0.25) is 0 Å². The molecule has 2 fully saturated rings. The highest BCUT2D eigenvalue weighted by Crippen LogP contribution is 2.34. The zero-order chi connectivity index (χ0) is 35.3. The van der Waals surface area contributed by atoms with E-state index in [0.717, 1.165) is 64.0 Å². The van der Waals surface area contributed by atoms with Gasteiger partial charge in [0.1, 0.15) is 5.82 Å². The van der Waals surface area contributed by atoms with Gasteiger partial charge in [0.25, 0.3) is 0 Å². The standard InChI is InChI=1S/C19H27N5O.3C2HF3O2/c1-22-9-7-21-18(22)13-23-8-5-19(14-23)15-24(10-11-25-16-19)12-17-4-2-3-6-20-17;3*3-2(4,5)1(6)7/h2-4,6-7,9H,5,8,10-16H2,1H3;3*(H,6,7). The molecule has 0 amide bonds. The van der Waals surface area contributed by atoms with Crippen molar-refractivity contribution in [2.45, 2.75) is 38.0 Å². The number of alkyl halides is 9. The lowest BCUT2D eigenvalue weighted by Gasteiger charge is -2.31. The summed E-state index contributed by atoms with van der Waals surface area (Å²) < 4.78 is 103. The van der Waals surface area contributed by atoms with E-state index >= 15 is 0 Å². The summed E-state index contributed by atoms with van der Waals surface area (Å²) in [5.74, 6) is -7.13. The average Bonchev–Trinajstić information content (AvgIpc) is 3.45. The topological polar surface area (TPSA) is 158 Å². The molecule has 1 unspecified atom stereocenters. The van der Waals surface area contributed by atoms with Crippen molar-refractivity contribution in [3.63, 3.8) is 0 Å². The van der Waals surface area contributed by atoms with Crippen molar-refractivity contribution in [2.24, 2.45) is 12.5 Å². The normalized spacial score (nSPS) is 19.0. The van der Waals surface area contributed by atoms with Crippen molar-refractivity contribution in [2.75, 3.05) is 39.4 Å². The molecule has 2 aliphatic rings. The molecule has 12 nitrogen and oxygen atoms in total. The molecule has 4 heterocycles. The van der Waals surface area contributed by atoms with Crippen LogP contribution >= 0.6 is 0 Å². The summed E-state index contributed by atoms with van der Waals surface area (Å²) in [5.41, 5.74) is 1.37. The molecule has 21 heteroatoms. The first-order valence-electron chi connectivity index (χ1n) is 12.8. The van der Waals surface area contributed by atoms with Crippen LogP contribution in [0.15, 0.2) is 36.8 Å². The molecule has 3 N–H and O–H groups in total. The second kappa shape index (κ2) is 17.1. The Bertz CT molecular complexity index is 1200. The fourth-order valence-electron chi connectivity index (χ4n) is 4.10. The largest absolute Gasteiger partial charge is 0.490 e. The van der Waals surface area contributed by atoms with Crippen molar-refractivity contribution in [3.05, 3.63) is 48.3 Å². The zero-order valence-corrected chi connectivity index (χ0v) is 23.9. The summed E-state index contributed by atoms with van der Waals surface area (Å²) in [5, 5.41) is 21.4. The van der Waals surface area contributed by atoms with E-state index in [1.807, 2.05) is 24.7 Å². The van der Waals surface area contributed by atoms with Gasteiger partial charge in [-0.25, -0.2) is 19.4 Å². The zero-order valence-electron chi connectivity index (χ0n) is 23.9. The third kappa shape index (κ3) is 14.9. The molecular formula is C25H30F9N5O7. The van der Waals surface area contributed by atoms with Crippen molar-refractivity contribution < 1.29 is 74.0 Å². The van der Waals surface area contributed by atoms with Gasteiger partial charge in [-0.2, -0.15) is 39.5 Å². The van der Waals surface area contributed by atoms with Crippen molar-refractivity contribution in [1.82, 2.24) is 24.3 Å². The third-order valence-electron chi connectivity index (χ3n) is 6.16. The second-order valence-corrected chi connectivity index (χ2v) is 9.91. The van der Waals surface area contributed by atoms with Gasteiger partial charge in [-0.3, -0.25) is 14.8 Å². The highest BCUT2D eigenvalue weighted by atomic mass is 19.4. The lowest BCUT2D eigenvalue weighted by molar-refractivity contribution is -0.193. The van der Waals surface area contributed by atoms with Crippen molar-refractivity contribution in [1.29, 1.82) is 0 Å². The van der Waals surface area contributed by atoms with Crippen LogP contribution < -0.4 is 0 Å². The van der Waals surface area contributed by atoms with E-state index in [0.29, 0.717) is 0 Å². The van der Waals surface area contributed by atoms with Gasteiger partial charge in [-0.15, -0.1) is 0 Å². The number of imidazole rings is 1. The minimum Gasteiger partial charge on any atom is -0.475 e. The molecule has 2 aromatic rings. The van der Waals surface area contributed by atoms with Gasteiger partial charge >= 0.3 is 36.4 Å². The fraction of sp³-hybridized carbons (Fsp3) is 0.560. The smallest absolute Gasteiger partial charge is 0.475 e. The number of carboxylic acids is 3. The molecule has 0 saturated carbocycles. The minimum atomic E-state index is -5.08. The SMILES string of the molecule is Cn1ccnc1CN1CCC2(COCCN(Cc3ccccn3)C2)C1.O=C(O)C(F)(F)F.O=C(O)C(F)(F)F.O=C(O)C(F)(F)F. The van der Waals surface area contributed by atoms with Crippen molar-refractivity contribution in [3.8, 4) is 0 Å². The van der Waals surface area contributed by atoms with Crippen LogP contribution in [0.3, 0.4) is 0 Å². The maximum Gasteiger partial charge on any atom is 0.490 e. The van der Waals surface area contributed by atoms with E-state index < -0.39 is 36.4 Å². The highest BCUT2D eigenvalue weighted by Gasteiger charge is 2.42. The predicted molar refractivity (Wildman–Crippen MR) is 137 cm³/mol. The lowest BCUT2D eigenvalue weighted by Crippen LogP contribution is -2.40. The second-order valence-electron chi connectivity index (χ2n) is 9.91. The monoisotopic (exact) mass is 683 g/mol. The summed E-state index contributed by atoms with van der Waals surface area (Å²) in [7, 11) is 2.07. The number of rotatable bonds is 4. The maximum atomic E-state index is 10.6. The summed E-state index contributed by atoms with van der Waals surface area (Å²) >= 11 is 0. The molecule has 4 rings (SSSR count). The molecule has 2 aromatic heterocycles. The summed E-state index contributed by atoms with van der Waals surface area (Å²) in [6.45, 7) is 7.78. The summed E-state index contributed by atoms with van der Waals surface area (Å²) in [6.07, 6.45) is -8.28. The lowest BCUT2D eigenvalue weighted by atomic mass is 9.87. The Morgan fingerprint density at radius 3 is 1.72 bits per heavy atom. The fourth-order valence-corrected chi connectivity index (χ4v) is 4.10. The van der Waals surface area contributed by atoms with E-state index in [-0.39, 0.29) is 5.41 Å². The highest BCUT2D eigenvalue weighted by molar-refractivity contribution is 5.73. The molecule has 0 radical (unpaired) electrons. The number of carbonyl (C=O) groups is 3. The van der Waals surface area contributed by atoms with Crippen LogP contribution in [0.1, 0.15) is 17.9 Å². The van der Waals surface area contributed by atoms with Crippen LogP contribution in [0.4, 0.5) is 39.5 Å². The van der Waals surface area contributed by atoms with E-state index in [1.54, 1.807) is 0 Å². The van der Waals surface area contributed by atoms with Crippen molar-refractivity contribution >= 4 is 17.9 Å². The number of ether oxygens (including phenoxy) is 1. The van der Waals surface area contributed by atoms with E-state index in [1.165, 1.54) is 6.42 Å². The molecule has 0 aliphatic carbocycles. The van der Waals surface area contributed by atoms with Crippen LogP contribution in [0, 0.1) is 5.41 Å². The molecular weight excluding hydrogens is 653 g/mol. The number of likely N-dealkylation sites (tertiary alicyclic amines) is 1. The third-order valence-corrected chi connectivity index (χ3v) is 6.16. The van der Waals surface area contributed by atoms with Gasteiger partial charge in [-0.05, 0) is 25.1 Å². The molecule has 260 valence electrons. The maximum absolute atomic E-state index is 10.6. The number of pyridine rings is 1. The first-order chi connectivity index (χ1) is 21.1. The van der Waals surface area contributed by atoms with Crippen LogP contribution in [0.5, 0.6) is 0 Å². The number of hydrogen-bond donors (Lipinski definition) is 3. The molecule has 2 saturated heterocycles. The van der Waals surface area contributed by atoms with Crippen LogP contribution in [-0.4, -0.2) is 115 Å². The Balaban J connectivity index is 0.000000413. The van der Waals surface area contributed by atoms with E-state index in [2.05, 4.69) is 43.5 Å². The number of aromatic nitrogens is 3. The van der Waals surface area contributed by atoms with Gasteiger partial charge in [0.05, 0.1) is 25.5 Å². The van der Waals surface area contributed by atoms with Gasteiger partial charge < -0.3 is 24.6 Å². The molecule has 1 atom stereocenters. The Morgan fingerprint density at radius 1 is 0.804 bits per heavy atom. The van der Waals surface area contributed by atoms with E-state index in [9.17, 15) is 39.5 Å². The Hall–Kier alpha value is -3.98. The summed E-state index contributed by atoms with van der Waals surface area (Å²) in [6, 6.07) is 6.15. The van der Waals surface area contributed by atoms with Gasteiger partial charge in [-0.1, -0.05) is 6.07 Å². The quantitative estimate of drug-likeness (QED) is 0.406. The molecule has 2 aliphatic heterocycles. The van der Waals surface area contributed by atoms with Gasteiger partial charge in [0, 0.05) is 57.2 Å². The first kappa shape index (κ1) is 40.0.